The molecule has 19 heavy (non-hydrogen) atoms. The fraction of sp³-hybridized carbons (Fsp3) is 0.133. The molecule has 2 aromatic rings. The van der Waals surface area contributed by atoms with Gasteiger partial charge in [0.05, 0.1) is 11.3 Å². The van der Waals surface area contributed by atoms with Crippen molar-refractivity contribution >= 4 is 11.6 Å². The highest BCUT2D eigenvalue weighted by atomic mass is 16.5. The Kier molecular flexibility index (Phi) is 3.42. The minimum atomic E-state index is -0.563. The van der Waals surface area contributed by atoms with Crippen molar-refractivity contribution in [3.05, 3.63) is 53.1 Å². The van der Waals surface area contributed by atoms with Crippen LogP contribution < -0.4 is 16.2 Å². The van der Waals surface area contributed by atoms with Crippen LogP contribution in [0.5, 0.6) is 11.5 Å². The number of amides is 1. The number of carbonyl (C=O) groups excluding carboxylic acids is 1. The summed E-state index contributed by atoms with van der Waals surface area (Å²) in [5.74, 6) is 0.379. The average Bonchev–Trinajstić information content (AvgIpc) is 2.30. The van der Waals surface area contributed by atoms with Crippen LogP contribution in [-0.4, -0.2) is 5.91 Å². The second-order valence-electron chi connectivity index (χ2n) is 4.51. The lowest BCUT2D eigenvalue weighted by molar-refractivity contribution is 0.0998. The lowest BCUT2D eigenvalue weighted by atomic mass is 10.1. The molecule has 1 amide bonds. The summed E-state index contributed by atoms with van der Waals surface area (Å²) in [5, 5.41) is 0. The van der Waals surface area contributed by atoms with Gasteiger partial charge in [-0.1, -0.05) is 12.1 Å². The van der Waals surface area contributed by atoms with Crippen LogP contribution in [0.25, 0.3) is 0 Å². The first kappa shape index (κ1) is 13.0. The van der Waals surface area contributed by atoms with Crippen LogP contribution >= 0.6 is 0 Å². The molecule has 0 aliphatic rings. The number of para-hydroxylation sites is 1. The highest BCUT2D eigenvalue weighted by Gasteiger charge is 2.13. The molecule has 0 atom stereocenters. The summed E-state index contributed by atoms with van der Waals surface area (Å²) in [5.41, 5.74) is 14.0. The number of nitrogens with two attached hydrogens (primary N) is 2. The second-order valence-corrected chi connectivity index (χ2v) is 4.51. The van der Waals surface area contributed by atoms with Crippen molar-refractivity contribution in [2.75, 3.05) is 5.73 Å². The van der Waals surface area contributed by atoms with Crippen LogP contribution in [-0.2, 0) is 0 Å². The van der Waals surface area contributed by atoms with Crippen molar-refractivity contribution in [1.29, 1.82) is 0 Å². The molecule has 0 aliphatic heterocycles. The van der Waals surface area contributed by atoms with E-state index in [1.807, 2.05) is 32.0 Å². The van der Waals surface area contributed by atoms with E-state index in [4.69, 9.17) is 16.2 Å². The Morgan fingerprint density at radius 1 is 1.11 bits per heavy atom. The fourth-order valence-corrected chi connectivity index (χ4v) is 1.97. The van der Waals surface area contributed by atoms with E-state index in [0.29, 0.717) is 17.2 Å². The smallest absolute Gasteiger partial charge is 0.252 e. The van der Waals surface area contributed by atoms with Gasteiger partial charge in [0.2, 0.25) is 0 Å². The molecule has 0 fully saturated rings. The van der Waals surface area contributed by atoms with Gasteiger partial charge in [0, 0.05) is 0 Å². The quantitative estimate of drug-likeness (QED) is 0.829. The Bertz CT molecular complexity index is 616. The normalized spacial score (nSPS) is 10.2. The summed E-state index contributed by atoms with van der Waals surface area (Å²) in [6.45, 7) is 3.95. The van der Waals surface area contributed by atoms with Crippen LogP contribution in [0.3, 0.4) is 0 Å². The third kappa shape index (κ3) is 2.85. The molecule has 0 radical (unpaired) electrons. The molecular formula is C15H16N2O2. The summed E-state index contributed by atoms with van der Waals surface area (Å²) in [4.78, 5) is 11.4. The maximum Gasteiger partial charge on any atom is 0.252 e. The molecule has 0 heterocycles. The number of anilines is 1. The summed E-state index contributed by atoms with van der Waals surface area (Å²) < 4.78 is 5.74. The molecule has 2 aromatic carbocycles. The van der Waals surface area contributed by atoms with E-state index < -0.39 is 5.91 Å². The predicted octanol–water partition coefficient (Wildman–Crippen LogP) is 2.78. The van der Waals surface area contributed by atoms with Crippen molar-refractivity contribution in [2.24, 2.45) is 5.73 Å². The van der Waals surface area contributed by atoms with Crippen molar-refractivity contribution in [1.82, 2.24) is 0 Å². The molecule has 0 saturated carbocycles. The van der Waals surface area contributed by atoms with Gasteiger partial charge in [0.15, 0.2) is 5.75 Å². The van der Waals surface area contributed by atoms with E-state index in [1.165, 1.54) is 0 Å². The molecule has 0 aromatic heterocycles. The zero-order valence-corrected chi connectivity index (χ0v) is 10.9. The van der Waals surface area contributed by atoms with Gasteiger partial charge in [-0.05, 0) is 49.2 Å². The van der Waals surface area contributed by atoms with Gasteiger partial charge in [-0.3, -0.25) is 4.79 Å². The van der Waals surface area contributed by atoms with Crippen molar-refractivity contribution in [3.63, 3.8) is 0 Å². The maximum atomic E-state index is 11.4. The van der Waals surface area contributed by atoms with Crippen molar-refractivity contribution < 1.29 is 9.53 Å². The van der Waals surface area contributed by atoms with E-state index in [9.17, 15) is 4.79 Å². The predicted molar refractivity (Wildman–Crippen MR) is 75.4 cm³/mol. The van der Waals surface area contributed by atoms with Crippen LogP contribution in [0.1, 0.15) is 21.5 Å². The van der Waals surface area contributed by atoms with E-state index >= 15 is 0 Å². The highest BCUT2D eigenvalue weighted by Crippen LogP contribution is 2.31. The van der Waals surface area contributed by atoms with E-state index in [0.717, 1.165) is 11.1 Å². The largest absolute Gasteiger partial charge is 0.454 e. The first-order valence-electron chi connectivity index (χ1n) is 5.92. The summed E-state index contributed by atoms with van der Waals surface area (Å²) in [6, 6.07) is 10.7. The van der Waals surface area contributed by atoms with Crippen LogP contribution in [0.2, 0.25) is 0 Å². The van der Waals surface area contributed by atoms with Gasteiger partial charge >= 0.3 is 0 Å². The Morgan fingerprint density at radius 3 is 2.32 bits per heavy atom. The lowest BCUT2D eigenvalue weighted by Crippen LogP contribution is -2.13. The number of hydrogen-bond donors (Lipinski definition) is 2. The van der Waals surface area contributed by atoms with Gasteiger partial charge in [0.25, 0.3) is 5.91 Å². The summed E-state index contributed by atoms with van der Waals surface area (Å²) >= 11 is 0. The monoisotopic (exact) mass is 256 g/mol. The number of aryl methyl sites for hydroxylation is 2. The Labute approximate surface area is 112 Å². The molecular weight excluding hydrogens is 240 g/mol. The third-order valence-electron chi connectivity index (χ3n) is 2.73. The molecule has 0 spiro atoms. The molecule has 0 unspecified atom stereocenters. The van der Waals surface area contributed by atoms with Crippen LogP contribution in [0.15, 0.2) is 36.4 Å². The molecule has 0 saturated heterocycles. The molecule has 0 bridgehead atoms. The highest BCUT2D eigenvalue weighted by molar-refractivity contribution is 5.97. The second kappa shape index (κ2) is 5.02. The molecule has 4 N–H and O–H groups in total. The molecule has 2 rings (SSSR count). The first-order valence-corrected chi connectivity index (χ1v) is 5.92. The van der Waals surface area contributed by atoms with Crippen molar-refractivity contribution in [3.8, 4) is 11.5 Å². The number of benzene rings is 2. The average molecular weight is 256 g/mol. The molecule has 98 valence electrons. The number of ether oxygens (including phenoxy) is 1. The number of primary amides is 1. The number of rotatable bonds is 3. The molecule has 4 nitrogen and oxygen atoms in total. The number of carbonyl (C=O) groups is 1. The Morgan fingerprint density at radius 2 is 1.74 bits per heavy atom. The van der Waals surface area contributed by atoms with Crippen molar-refractivity contribution in [2.45, 2.75) is 13.8 Å². The fourth-order valence-electron chi connectivity index (χ4n) is 1.97. The van der Waals surface area contributed by atoms with Crippen LogP contribution in [0, 0.1) is 13.8 Å². The minimum absolute atomic E-state index is 0.277. The maximum absolute atomic E-state index is 11.4. The van der Waals surface area contributed by atoms with Gasteiger partial charge in [-0.15, -0.1) is 0 Å². The van der Waals surface area contributed by atoms with Gasteiger partial charge in [-0.25, -0.2) is 0 Å². The SMILES string of the molecule is Cc1cc(C)cc(Oc2c(N)cccc2C(N)=O)c1. The van der Waals surface area contributed by atoms with E-state index in [-0.39, 0.29) is 5.56 Å². The minimum Gasteiger partial charge on any atom is -0.454 e. The van der Waals surface area contributed by atoms with E-state index in [1.54, 1.807) is 18.2 Å². The molecule has 4 heteroatoms. The van der Waals surface area contributed by atoms with Gasteiger partial charge in [-0.2, -0.15) is 0 Å². The van der Waals surface area contributed by atoms with Crippen LogP contribution in [0.4, 0.5) is 5.69 Å². The third-order valence-corrected chi connectivity index (χ3v) is 2.73. The zero-order chi connectivity index (χ0) is 14.0. The first-order chi connectivity index (χ1) is 8.97. The lowest BCUT2D eigenvalue weighted by Gasteiger charge is -2.12. The van der Waals surface area contributed by atoms with Gasteiger partial charge in [0.1, 0.15) is 5.75 Å². The number of hydrogen-bond acceptors (Lipinski definition) is 3. The summed E-state index contributed by atoms with van der Waals surface area (Å²) in [6.07, 6.45) is 0. The topological polar surface area (TPSA) is 78.3 Å². The molecule has 0 aliphatic carbocycles. The summed E-state index contributed by atoms with van der Waals surface area (Å²) in [7, 11) is 0. The zero-order valence-electron chi connectivity index (χ0n) is 10.9. The standard InChI is InChI=1S/C15H16N2O2/c1-9-6-10(2)8-11(7-9)19-14-12(15(17)18)4-3-5-13(14)16/h3-8H,16H2,1-2H3,(H2,17,18). The number of nitrogen functional groups attached to an aromatic ring is 1. The Balaban J connectivity index is 2.45. The van der Waals surface area contributed by atoms with E-state index in [2.05, 4.69) is 0 Å². The van der Waals surface area contributed by atoms with Gasteiger partial charge < -0.3 is 16.2 Å². The Hall–Kier alpha value is -2.49.